The zero-order valence-electron chi connectivity index (χ0n) is 14.5. The van der Waals surface area contributed by atoms with Crippen LogP contribution in [0.15, 0.2) is 58.3 Å². The molecular weight excluding hydrogens is 356 g/mol. The molecule has 1 amide bonds. The number of amides is 1. The number of thioether (sulfide) groups is 1. The molecule has 0 saturated carbocycles. The number of anilines is 1. The van der Waals surface area contributed by atoms with Gasteiger partial charge >= 0.3 is 0 Å². The number of sulfonamides is 1. The third-order valence-corrected chi connectivity index (χ3v) is 6.43. The van der Waals surface area contributed by atoms with Crippen molar-refractivity contribution in [3.63, 3.8) is 0 Å². The van der Waals surface area contributed by atoms with Crippen LogP contribution in [0.2, 0.25) is 0 Å². The van der Waals surface area contributed by atoms with Gasteiger partial charge in [-0.3, -0.25) is 4.79 Å². The second-order valence-electron chi connectivity index (χ2n) is 5.72. The topological polar surface area (TPSA) is 66.5 Å². The summed E-state index contributed by atoms with van der Waals surface area (Å²) < 4.78 is 25.6. The van der Waals surface area contributed by atoms with Crippen LogP contribution in [0.1, 0.15) is 12.0 Å². The SMILES string of the molecule is Cc1ccc(S(=O)(=O)N(C)C)cc1NC(=O)CCSc1ccccc1. The van der Waals surface area contributed by atoms with Gasteiger partial charge in [0.2, 0.25) is 15.9 Å². The van der Waals surface area contributed by atoms with Gasteiger partial charge in [-0.1, -0.05) is 24.3 Å². The Balaban J connectivity index is 2.00. The average molecular weight is 379 g/mol. The quantitative estimate of drug-likeness (QED) is 0.750. The maximum absolute atomic E-state index is 12.2. The van der Waals surface area contributed by atoms with E-state index in [2.05, 4.69) is 5.32 Å². The first-order chi connectivity index (χ1) is 11.8. The number of rotatable bonds is 7. The Kier molecular flexibility index (Phi) is 6.64. The summed E-state index contributed by atoms with van der Waals surface area (Å²) in [6.07, 6.45) is 0.351. The predicted octanol–water partition coefficient (Wildman–Crippen LogP) is 3.37. The molecule has 7 heteroatoms. The first-order valence-corrected chi connectivity index (χ1v) is 10.2. The molecule has 0 fully saturated rings. The fraction of sp³-hybridized carbons (Fsp3) is 0.278. The van der Waals surface area contributed by atoms with Gasteiger partial charge in [-0.25, -0.2) is 12.7 Å². The molecule has 0 bridgehead atoms. The maximum Gasteiger partial charge on any atom is 0.242 e. The van der Waals surface area contributed by atoms with Gasteiger partial charge in [0, 0.05) is 36.9 Å². The summed E-state index contributed by atoms with van der Waals surface area (Å²) in [5, 5.41) is 2.81. The lowest BCUT2D eigenvalue weighted by Gasteiger charge is -2.14. The van der Waals surface area contributed by atoms with E-state index >= 15 is 0 Å². The monoisotopic (exact) mass is 378 g/mol. The molecule has 1 N–H and O–H groups in total. The van der Waals surface area contributed by atoms with Crippen molar-refractivity contribution >= 4 is 33.4 Å². The minimum absolute atomic E-state index is 0.133. The van der Waals surface area contributed by atoms with E-state index in [-0.39, 0.29) is 10.8 Å². The number of nitrogens with one attached hydrogen (secondary N) is 1. The average Bonchev–Trinajstić information content (AvgIpc) is 2.57. The molecule has 2 rings (SSSR count). The molecule has 0 aromatic heterocycles. The Morgan fingerprint density at radius 2 is 1.80 bits per heavy atom. The number of hydrogen-bond donors (Lipinski definition) is 1. The van der Waals surface area contributed by atoms with Crippen molar-refractivity contribution in [3.05, 3.63) is 54.1 Å². The highest BCUT2D eigenvalue weighted by Gasteiger charge is 2.18. The zero-order chi connectivity index (χ0) is 18.4. The summed E-state index contributed by atoms with van der Waals surface area (Å²) in [7, 11) is -0.566. The lowest BCUT2D eigenvalue weighted by atomic mass is 10.2. The van der Waals surface area contributed by atoms with Crippen molar-refractivity contribution in [2.75, 3.05) is 25.2 Å². The van der Waals surface area contributed by atoms with E-state index in [1.165, 1.54) is 20.2 Å². The molecule has 0 aliphatic rings. The Bertz CT molecular complexity index is 835. The van der Waals surface area contributed by atoms with E-state index < -0.39 is 10.0 Å². The van der Waals surface area contributed by atoms with Crippen LogP contribution in [0, 0.1) is 6.92 Å². The standard InChI is InChI=1S/C18H22N2O3S2/c1-14-9-10-16(25(22,23)20(2)3)13-17(14)19-18(21)11-12-24-15-7-5-4-6-8-15/h4-10,13H,11-12H2,1-3H3,(H,19,21). The lowest BCUT2D eigenvalue weighted by molar-refractivity contribution is -0.115. The number of hydrogen-bond acceptors (Lipinski definition) is 4. The third kappa shape index (κ3) is 5.32. The molecule has 0 spiro atoms. The van der Waals surface area contributed by atoms with Crippen LogP contribution in [0.5, 0.6) is 0 Å². The van der Waals surface area contributed by atoms with Crippen molar-refractivity contribution in [1.82, 2.24) is 4.31 Å². The van der Waals surface area contributed by atoms with E-state index in [0.29, 0.717) is 17.9 Å². The molecular formula is C18H22N2O3S2. The molecule has 0 unspecified atom stereocenters. The van der Waals surface area contributed by atoms with E-state index in [1.807, 2.05) is 37.3 Å². The summed E-state index contributed by atoms with van der Waals surface area (Å²) >= 11 is 1.61. The second-order valence-corrected chi connectivity index (χ2v) is 9.04. The predicted molar refractivity (Wildman–Crippen MR) is 102 cm³/mol. The van der Waals surface area contributed by atoms with Crippen LogP contribution in [-0.2, 0) is 14.8 Å². The number of aryl methyl sites for hydroxylation is 1. The molecule has 2 aromatic carbocycles. The van der Waals surface area contributed by atoms with E-state index in [0.717, 1.165) is 14.8 Å². The molecule has 0 aliphatic heterocycles. The highest BCUT2D eigenvalue weighted by molar-refractivity contribution is 7.99. The highest BCUT2D eigenvalue weighted by Crippen LogP contribution is 2.23. The molecule has 0 saturated heterocycles. The molecule has 0 radical (unpaired) electrons. The van der Waals surface area contributed by atoms with Crippen molar-refractivity contribution < 1.29 is 13.2 Å². The second kappa shape index (κ2) is 8.51. The molecule has 0 aliphatic carbocycles. The van der Waals surface area contributed by atoms with E-state index in [9.17, 15) is 13.2 Å². The van der Waals surface area contributed by atoms with Crippen LogP contribution >= 0.6 is 11.8 Å². The zero-order valence-corrected chi connectivity index (χ0v) is 16.2. The van der Waals surface area contributed by atoms with Gasteiger partial charge in [0.1, 0.15) is 0 Å². The van der Waals surface area contributed by atoms with Gasteiger partial charge in [0.15, 0.2) is 0 Å². The summed E-state index contributed by atoms with van der Waals surface area (Å²) in [4.78, 5) is 13.4. The molecule has 5 nitrogen and oxygen atoms in total. The molecule has 2 aromatic rings. The summed E-state index contributed by atoms with van der Waals surface area (Å²) in [6, 6.07) is 14.6. The first kappa shape index (κ1) is 19.5. The fourth-order valence-electron chi connectivity index (χ4n) is 2.10. The van der Waals surface area contributed by atoms with Gasteiger partial charge in [-0.15, -0.1) is 11.8 Å². The summed E-state index contributed by atoms with van der Waals surface area (Å²) in [5.74, 6) is 0.524. The number of nitrogens with zero attached hydrogens (tertiary/aromatic N) is 1. The van der Waals surface area contributed by atoms with Crippen LogP contribution in [-0.4, -0.2) is 38.5 Å². The number of carbonyl (C=O) groups excluding carboxylic acids is 1. The van der Waals surface area contributed by atoms with Gasteiger partial charge in [-0.2, -0.15) is 0 Å². The van der Waals surface area contributed by atoms with Crippen LogP contribution in [0.3, 0.4) is 0 Å². The normalized spacial score (nSPS) is 11.5. The smallest absolute Gasteiger partial charge is 0.242 e. The molecule has 0 heterocycles. The fourth-order valence-corrected chi connectivity index (χ4v) is 3.90. The number of carbonyl (C=O) groups is 1. The van der Waals surface area contributed by atoms with E-state index in [1.54, 1.807) is 23.9 Å². The minimum atomic E-state index is -3.53. The maximum atomic E-state index is 12.2. The first-order valence-electron chi connectivity index (χ1n) is 7.81. The van der Waals surface area contributed by atoms with E-state index in [4.69, 9.17) is 0 Å². The van der Waals surface area contributed by atoms with Gasteiger partial charge in [0.25, 0.3) is 0 Å². The van der Waals surface area contributed by atoms with Crippen LogP contribution in [0.25, 0.3) is 0 Å². The Labute approximate surface area is 153 Å². The molecule has 25 heavy (non-hydrogen) atoms. The van der Waals surface area contributed by atoms with Crippen LogP contribution < -0.4 is 5.32 Å². The minimum Gasteiger partial charge on any atom is -0.326 e. The third-order valence-electron chi connectivity index (χ3n) is 3.60. The van der Waals surface area contributed by atoms with Crippen LogP contribution in [0.4, 0.5) is 5.69 Å². The highest BCUT2D eigenvalue weighted by atomic mass is 32.2. The largest absolute Gasteiger partial charge is 0.326 e. The Morgan fingerprint density at radius 1 is 1.12 bits per heavy atom. The van der Waals surface area contributed by atoms with Gasteiger partial charge < -0.3 is 5.32 Å². The van der Waals surface area contributed by atoms with Crippen molar-refractivity contribution in [2.24, 2.45) is 0 Å². The molecule has 0 atom stereocenters. The number of benzene rings is 2. The lowest BCUT2D eigenvalue weighted by Crippen LogP contribution is -2.22. The van der Waals surface area contributed by atoms with Gasteiger partial charge in [-0.05, 0) is 36.8 Å². The summed E-state index contributed by atoms with van der Waals surface area (Å²) in [6.45, 7) is 1.83. The van der Waals surface area contributed by atoms with Crippen molar-refractivity contribution in [3.8, 4) is 0 Å². The Morgan fingerprint density at radius 3 is 2.44 bits per heavy atom. The summed E-state index contributed by atoms with van der Waals surface area (Å²) in [5.41, 5.74) is 1.35. The van der Waals surface area contributed by atoms with Crippen molar-refractivity contribution in [1.29, 1.82) is 0 Å². The van der Waals surface area contributed by atoms with Gasteiger partial charge in [0.05, 0.1) is 4.90 Å². The molecule has 134 valence electrons. The Hall–Kier alpha value is -1.83. The van der Waals surface area contributed by atoms with Crippen molar-refractivity contribution in [2.45, 2.75) is 23.1 Å².